The van der Waals surface area contributed by atoms with Crippen molar-refractivity contribution in [2.45, 2.75) is 25.4 Å². The summed E-state index contributed by atoms with van der Waals surface area (Å²) in [6.45, 7) is 2.77. The third-order valence-electron chi connectivity index (χ3n) is 6.96. The number of carbonyl (C=O) groups excluding carboxylic acids is 2. The fourth-order valence-corrected chi connectivity index (χ4v) is 5.11. The highest BCUT2D eigenvalue weighted by Crippen LogP contribution is 2.29. The van der Waals surface area contributed by atoms with Crippen LogP contribution in [0.2, 0.25) is 0 Å². The van der Waals surface area contributed by atoms with E-state index in [2.05, 4.69) is 64.4 Å². The van der Waals surface area contributed by atoms with E-state index < -0.39 is 0 Å². The lowest BCUT2D eigenvalue weighted by Crippen LogP contribution is -2.43. The zero-order valence-electron chi connectivity index (χ0n) is 19.0. The van der Waals surface area contributed by atoms with Crippen molar-refractivity contribution in [3.8, 4) is 0 Å². The summed E-state index contributed by atoms with van der Waals surface area (Å²) in [5.41, 5.74) is 4.80. The average Bonchev–Trinajstić information content (AvgIpc) is 3.45. The van der Waals surface area contributed by atoms with Gasteiger partial charge in [0.05, 0.1) is 12.0 Å². The van der Waals surface area contributed by atoms with Crippen molar-refractivity contribution in [3.05, 3.63) is 89.7 Å². The molecule has 170 valence electrons. The third-order valence-corrected chi connectivity index (χ3v) is 6.96. The first-order valence-corrected chi connectivity index (χ1v) is 11.7. The minimum atomic E-state index is -0.325. The van der Waals surface area contributed by atoms with Gasteiger partial charge >= 0.3 is 0 Å². The van der Waals surface area contributed by atoms with Crippen LogP contribution in [0.1, 0.15) is 29.3 Å². The van der Waals surface area contributed by atoms with Crippen LogP contribution in [0.15, 0.2) is 72.9 Å². The van der Waals surface area contributed by atoms with Crippen molar-refractivity contribution >= 4 is 17.5 Å². The van der Waals surface area contributed by atoms with E-state index in [1.807, 2.05) is 30.3 Å². The van der Waals surface area contributed by atoms with Gasteiger partial charge in [0, 0.05) is 57.2 Å². The number of rotatable bonds is 6. The maximum absolute atomic E-state index is 13.1. The molecule has 0 radical (unpaired) electrons. The highest BCUT2D eigenvalue weighted by atomic mass is 16.2. The van der Waals surface area contributed by atoms with Crippen LogP contribution in [0.3, 0.4) is 0 Å². The van der Waals surface area contributed by atoms with Crippen molar-refractivity contribution in [1.82, 2.24) is 14.8 Å². The molecule has 6 nitrogen and oxygen atoms in total. The number of hydrogen-bond acceptors (Lipinski definition) is 3. The molecule has 2 amide bonds. The number of anilines is 1. The van der Waals surface area contributed by atoms with E-state index in [0.29, 0.717) is 13.1 Å². The van der Waals surface area contributed by atoms with E-state index in [1.165, 1.54) is 16.8 Å². The second kappa shape index (κ2) is 9.24. The molecule has 1 aromatic heterocycles. The van der Waals surface area contributed by atoms with Gasteiger partial charge in [-0.1, -0.05) is 42.5 Å². The SMILES string of the molecule is Cn1cccc1[C@H](CNC(=O)[C@H]1CC(=O)N(c2ccccc2)C1)N1CCc2ccccc2C1. The van der Waals surface area contributed by atoms with Gasteiger partial charge in [-0.05, 0) is 41.8 Å². The molecule has 1 fully saturated rings. The first-order valence-electron chi connectivity index (χ1n) is 11.7. The van der Waals surface area contributed by atoms with Gasteiger partial charge in [-0.15, -0.1) is 0 Å². The Labute approximate surface area is 194 Å². The molecule has 5 rings (SSSR count). The molecule has 2 aliphatic rings. The van der Waals surface area contributed by atoms with Crippen LogP contribution >= 0.6 is 0 Å². The Kier molecular flexibility index (Phi) is 6.01. The lowest BCUT2D eigenvalue weighted by Gasteiger charge is -2.36. The van der Waals surface area contributed by atoms with Crippen molar-refractivity contribution in [2.75, 3.05) is 24.5 Å². The summed E-state index contributed by atoms with van der Waals surface area (Å²) in [5.74, 6) is -0.361. The Morgan fingerprint density at radius 3 is 2.55 bits per heavy atom. The molecule has 2 aliphatic heterocycles. The molecule has 6 heteroatoms. The monoisotopic (exact) mass is 442 g/mol. The molecule has 1 N–H and O–H groups in total. The standard InChI is InChI=1S/C27H30N4O2/c1-29-14-7-12-24(29)25(30-15-13-20-8-5-6-9-21(20)18-30)17-28-27(33)22-16-26(32)31(19-22)23-10-3-2-4-11-23/h2-12,14,22,25H,13,15-19H2,1H3,(H,28,33)/t22-,25-/m0/s1. The number of hydrogen-bond donors (Lipinski definition) is 1. The summed E-state index contributed by atoms with van der Waals surface area (Å²) in [5, 5.41) is 3.18. The van der Waals surface area contributed by atoms with Crippen LogP contribution in [0.25, 0.3) is 0 Å². The van der Waals surface area contributed by atoms with Gasteiger partial charge in [-0.25, -0.2) is 0 Å². The second-order valence-corrected chi connectivity index (χ2v) is 9.04. The molecule has 0 spiro atoms. The quantitative estimate of drug-likeness (QED) is 0.637. The zero-order valence-corrected chi connectivity index (χ0v) is 19.0. The van der Waals surface area contributed by atoms with Gasteiger partial charge in [0.25, 0.3) is 0 Å². The fourth-order valence-electron chi connectivity index (χ4n) is 5.11. The summed E-state index contributed by atoms with van der Waals surface area (Å²) in [4.78, 5) is 29.8. The van der Waals surface area contributed by atoms with Crippen molar-refractivity contribution in [1.29, 1.82) is 0 Å². The second-order valence-electron chi connectivity index (χ2n) is 9.04. The maximum atomic E-state index is 13.1. The van der Waals surface area contributed by atoms with Crippen molar-refractivity contribution < 1.29 is 9.59 Å². The minimum absolute atomic E-state index is 0.00738. The molecule has 33 heavy (non-hydrogen) atoms. The van der Waals surface area contributed by atoms with Crippen LogP contribution in [-0.2, 0) is 29.6 Å². The Bertz CT molecular complexity index is 1140. The van der Waals surface area contributed by atoms with E-state index >= 15 is 0 Å². The van der Waals surface area contributed by atoms with Gasteiger partial charge < -0.3 is 14.8 Å². The van der Waals surface area contributed by atoms with Crippen molar-refractivity contribution in [2.24, 2.45) is 13.0 Å². The summed E-state index contributed by atoms with van der Waals surface area (Å²) in [7, 11) is 2.05. The molecule has 2 aromatic carbocycles. The summed E-state index contributed by atoms with van der Waals surface area (Å²) in [6.07, 6.45) is 3.32. The van der Waals surface area contributed by atoms with Gasteiger partial charge in [0.1, 0.15) is 0 Å². The molecule has 3 aromatic rings. The molecule has 2 atom stereocenters. The summed E-state index contributed by atoms with van der Waals surface area (Å²) < 4.78 is 2.13. The number of nitrogens with zero attached hydrogens (tertiary/aromatic N) is 3. The minimum Gasteiger partial charge on any atom is -0.354 e. The summed E-state index contributed by atoms with van der Waals surface area (Å²) in [6, 6.07) is 22.4. The topological polar surface area (TPSA) is 57.6 Å². The number of nitrogens with one attached hydrogen (secondary N) is 1. The van der Waals surface area contributed by atoms with E-state index in [4.69, 9.17) is 0 Å². The van der Waals surface area contributed by atoms with Crippen LogP contribution in [0, 0.1) is 5.92 Å². The average molecular weight is 443 g/mol. The molecular formula is C27H30N4O2. The lowest BCUT2D eigenvalue weighted by atomic mass is 9.97. The van der Waals surface area contributed by atoms with Crippen LogP contribution < -0.4 is 10.2 Å². The number of benzene rings is 2. The Morgan fingerprint density at radius 2 is 1.79 bits per heavy atom. The fraction of sp³-hybridized carbons (Fsp3) is 0.333. The van der Waals surface area contributed by atoms with Crippen molar-refractivity contribution in [3.63, 3.8) is 0 Å². The predicted molar refractivity (Wildman–Crippen MR) is 129 cm³/mol. The van der Waals surface area contributed by atoms with E-state index in [0.717, 1.165) is 25.2 Å². The van der Waals surface area contributed by atoms with Crippen LogP contribution in [0.4, 0.5) is 5.69 Å². The Balaban J connectivity index is 1.28. The molecule has 1 saturated heterocycles. The molecule has 0 unspecified atom stereocenters. The van der Waals surface area contributed by atoms with Crippen LogP contribution in [-0.4, -0.2) is 40.9 Å². The Morgan fingerprint density at radius 1 is 1.03 bits per heavy atom. The molecule has 0 saturated carbocycles. The van der Waals surface area contributed by atoms with E-state index in [1.54, 1.807) is 4.90 Å². The highest BCUT2D eigenvalue weighted by molar-refractivity contribution is 6.00. The predicted octanol–water partition coefficient (Wildman–Crippen LogP) is 3.29. The maximum Gasteiger partial charge on any atom is 0.227 e. The number of aryl methyl sites for hydroxylation is 1. The van der Waals surface area contributed by atoms with Gasteiger partial charge in [-0.2, -0.15) is 0 Å². The number of aromatic nitrogens is 1. The number of para-hydroxylation sites is 1. The zero-order chi connectivity index (χ0) is 22.8. The summed E-state index contributed by atoms with van der Waals surface area (Å²) >= 11 is 0. The van der Waals surface area contributed by atoms with E-state index in [-0.39, 0.29) is 30.2 Å². The smallest absolute Gasteiger partial charge is 0.227 e. The van der Waals surface area contributed by atoms with Gasteiger partial charge in [-0.3, -0.25) is 14.5 Å². The molecule has 3 heterocycles. The number of amides is 2. The molecule has 0 bridgehead atoms. The lowest BCUT2D eigenvalue weighted by molar-refractivity contribution is -0.126. The van der Waals surface area contributed by atoms with Gasteiger partial charge in [0.15, 0.2) is 0 Å². The highest BCUT2D eigenvalue weighted by Gasteiger charge is 2.36. The number of fused-ring (bicyclic) bond motifs is 1. The van der Waals surface area contributed by atoms with E-state index in [9.17, 15) is 9.59 Å². The normalized spacial score (nSPS) is 19.4. The first kappa shape index (κ1) is 21.5. The number of carbonyl (C=O) groups is 2. The third kappa shape index (κ3) is 4.44. The van der Waals surface area contributed by atoms with Gasteiger partial charge in [0.2, 0.25) is 11.8 Å². The molecular weight excluding hydrogens is 412 g/mol. The Hall–Kier alpha value is -3.38. The first-order chi connectivity index (χ1) is 16.1. The van der Waals surface area contributed by atoms with Crippen LogP contribution in [0.5, 0.6) is 0 Å². The molecule has 0 aliphatic carbocycles. The largest absolute Gasteiger partial charge is 0.354 e.